The Balaban J connectivity index is 1.75. The summed E-state index contributed by atoms with van der Waals surface area (Å²) in [5.74, 6) is 0. The van der Waals surface area contributed by atoms with E-state index >= 15 is 0 Å². The zero-order valence-corrected chi connectivity index (χ0v) is 16.6. The number of thiol groups is 1. The van der Waals surface area contributed by atoms with Crippen molar-refractivity contribution in [2.75, 3.05) is 0 Å². The molecule has 3 fully saturated rings. The molecule has 1 atom stereocenters. The lowest BCUT2D eigenvalue weighted by Crippen LogP contribution is -2.58. The number of hydrogen-bond donors (Lipinski definition) is 1. The lowest BCUT2D eigenvalue weighted by Gasteiger charge is -2.39. The summed E-state index contributed by atoms with van der Waals surface area (Å²) >= 11 is 4.92. The van der Waals surface area contributed by atoms with E-state index in [0.717, 1.165) is 6.42 Å². The lowest BCUT2D eigenvalue weighted by molar-refractivity contribution is -0.0172. The van der Waals surface area contributed by atoms with E-state index in [0.29, 0.717) is 18.3 Å². The van der Waals surface area contributed by atoms with E-state index in [9.17, 15) is 0 Å². The van der Waals surface area contributed by atoms with E-state index < -0.39 is 8.80 Å². The average molecular weight is 359 g/mol. The third-order valence-corrected chi connectivity index (χ3v) is 10.2. The number of rotatable bonds is 8. The third-order valence-electron chi connectivity index (χ3n) is 5.69. The van der Waals surface area contributed by atoms with Gasteiger partial charge in [0.25, 0.3) is 0 Å². The number of hydrogen-bond acceptors (Lipinski definition) is 4. The van der Waals surface area contributed by atoms with Crippen molar-refractivity contribution in [2.45, 2.75) is 114 Å². The first kappa shape index (κ1) is 18.2. The summed E-state index contributed by atoms with van der Waals surface area (Å²) in [6, 6.07) is 0. The lowest BCUT2D eigenvalue weighted by atomic mass is 10.3. The first-order valence-electron chi connectivity index (χ1n) is 9.93. The molecule has 3 rings (SSSR count). The molecule has 23 heavy (non-hydrogen) atoms. The van der Waals surface area contributed by atoms with Crippen LogP contribution in [0.4, 0.5) is 0 Å². The zero-order chi connectivity index (χ0) is 16.1. The van der Waals surface area contributed by atoms with Crippen molar-refractivity contribution < 1.29 is 13.3 Å². The molecule has 0 bridgehead atoms. The van der Waals surface area contributed by atoms with Gasteiger partial charge in [0.2, 0.25) is 0 Å². The Kier molecular flexibility index (Phi) is 6.90. The SMILES string of the molecule is CCC(S)[Si](OC1CCCC1)(OC1CCCC1)OC1CCCC1. The molecule has 3 nitrogen and oxygen atoms in total. The van der Waals surface area contributed by atoms with Crippen LogP contribution in [0.5, 0.6) is 0 Å². The molecule has 134 valence electrons. The molecule has 0 N–H and O–H groups in total. The van der Waals surface area contributed by atoms with Crippen LogP contribution in [0.1, 0.15) is 90.4 Å². The smallest absolute Gasteiger partial charge is 0.370 e. The molecule has 0 radical (unpaired) electrons. The van der Waals surface area contributed by atoms with E-state index in [1.807, 2.05) is 0 Å². The van der Waals surface area contributed by atoms with Gasteiger partial charge in [0.15, 0.2) is 0 Å². The average Bonchev–Trinajstić information content (AvgIpc) is 3.29. The van der Waals surface area contributed by atoms with Crippen molar-refractivity contribution in [3.63, 3.8) is 0 Å². The van der Waals surface area contributed by atoms with Gasteiger partial charge in [0.1, 0.15) is 0 Å². The van der Waals surface area contributed by atoms with Crippen LogP contribution in [0.3, 0.4) is 0 Å². The van der Waals surface area contributed by atoms with Crippen LogP contribution in [0, 0.1) is 0 Å². The van der Waals surface area contributed by atoms with Crippen LogP contribution in [0.15, 0.2) is 0 Å². The second-order valence-electron chi connectivity index (χ2n) is 7.60. The second kappa shape index (κ2) is 8.70. The fourth-order valence-electron chi connectivity index (χ4n) is 4.28. The minimum absolute atomic E-state index is 0.115. The van der Waals surface area contributed by atoms with Gasteiger partial charge in [0.05, 0.1) is 4.87 Å². The predicted molar refractivity (Wildman–Crippen MR) is 98.8 cm³/mol. The molecule has 0 amide bonds. The van der Waals surface area contributed by atoms with Crippen molar-refractivity contribution >= 4 is 21.4 Å². The van der Waals surface area contributed by atoms with Crippen LogP contribution in [0.25, 0.3) is 0 Å². The molecular formula is C18H34O3SSi. The third kappa shape index (κ3) is 4.75. The molecule has 3 aliphatic rings. The van der Waals surface area contributed by atoms with Gasteiger partial charge in [-0.1, -0.05) is 45.4 Å². The molecule has 0 aliphatic heterocycles. The normalized spacial score (nSPS) is 26.3. The van der Waals surface area contributed by atoms with Gasteiger partial charge in [-0.15, -0.1) is 0 Å². The Morgan fingerprint density at radius 3 is 1.30 bits per heavy atom. The van der Waals surface area contributed by atoms with Crippen molar-refractivity contribution in [3.8, 4) is 0 Å². The maximum Gasteiger partial charge on any atom is 0.515 e. The topological polar surface area (TPSA) is 27.7 Å². The van der Waals surface area contributed by atoms with Crippen LogP contribution >= 0.6 is 12.6 Å². The van der Waals surface area contributed by atoms with Gasteiger partial charge in [-0.3, -0.25) is 0 Å². The van der Waals surface area contributed by atoms with Gasteiger partial charge < -0.3 is 13.3 Å². The first-order valence-corrected chi connectivity index (χ1v) is 12.2. The highest BCUT2D eigenvalue weighted by Crippen LogP contribution is 2.36. The predicted octanol–water partition coefficient (Wildman–Crippen LogP) is 5.05. The van der Waals surface area contributed by atoms with E-state index in [4.69, 9.17) is 25.9 Å². The Morgan fingerprint density at radius 2 is 1.04 bits per heavy atom. The fraction of sp³-hybridized carbons (Fsp3) is 1.00. The molecule has 1 unspecified atom stereocenters. The molecule has 3 saturated carbocycles. The van der Waals surface area contributed by atoms with E-state index in [1.165, 1.54) is 77.0 Å². The second-order valence-corrected chi connectivity index (χ2v) is 11.3. The van der Waals surface area contributed by atoms with Crippen LogP contribution < -0.4 is 0 Å². The largest absolute Gasteiger partial charge is 0.515 e. The Hall–Kier alpha value is 0.447. The molecule has 0 heterocycles. The Bertz CT molecular complexity index is 305. The van der Waals surface area contributed by atoms with Crippen LogP contribution in [0.2, 0.25) is 0 Å². The maximum atomic E-state index is 6.69. The molecule has 0 aromatic carbocycles. The highest BCUT2D eigenvalue weighted by Gasteiger charge is 2.53. The van der Waals surface area contributed by atoms with E-state index in [2.05, 4.69) is 6.92 Å². The highest BCUT2D eigenvalue weighted by atomic mass is 32.1. The molecule has 3 aliphatic carbocycles. The van der Waals surface area contributed by atoms with Gasteiger partial charge in [-0.2, -0.15) is 12.6 Å². The highest BCUT2D eigenvalue weighted by molar-refractivity contribution is 7.83. The molecule has 0 aromatic rings. The summed E-state index contributed by atoms with van der Waals surface area (Å²) in [6.07, 6.45) is 16.7. The molecule has 0 spiro atoms. The van der Waals surface area contributed by atoms with Crippen molar-refractivity contribution in [1.82, 2.24) is 0 Å². The van der Waals surface area contributed by atoms with Crippen LogP contribution in [-0.4, -0.2) is 32.0 Å². The summed E-state index contributed by atoms with van der Waals surface area (Å²) in [5, 5.41) is 0. The molecule has 5 heteroatoms. The summed E-state index contributed by atoms with van der Waals surface area (Å²) in [6.45, 7) is 2.19. The van der Waals surface area contributed by atoms with E-state index in [1.54, 1.807) is 0 Å². The zero-order valence-electron chi connectivity index (χ0n) is 14.7. The standard InChI is InChI=1S/C18H34O3SSi/c1-2-18(22)23(19-15-9-3-4-10-15,20-16-11-5-6-12-16)21-17-13-7-8-14-17/h15-18,22H,2-14H2,1H3. The minimum Gasteiger partial charge on any atom is -0.370 e. The van der Waals surface area contributed by atoms with Crippen molar-refractivity contribution in [1.29, 1.82) is 0 Å². The van der Waals surface area contributed by atoms with Gasteiger partial charge in [-0.05, 0) is 44.9 Å². The van der Waals surface area contributed by atoms with Crippen molar-refractivity contribution in [2.24, 2.45) is 0 Å². The molecule has 0 saturated heterocycles. The van der Waals surface area contributed by atoms with Gasteiger partial charge in [0, 0.05) is 18.3 Å². The van der Waals surface area contributed by atoms with Crippen LogP contribution in [-0.2, 0) is 13.3 Å². The quantitative estimate of drug-likeness (QED) is 0.486. The summed E-state index contributed by atoms with van der Waals surface area (Å²) in [5.41, 5.74) is 0. The summed E-state index contributed by atoms with van der Waals surface area (Å²) < 4.78 is 20.1. The molecule has 0 aromatic heterocycles. The molecular weight excluding hydrogens is 324 g/mol. The van der Waals surface area contributed by atoms with Crippen molar-refractivity contribution in [3.05, 3.63) is 0 Å². The summed E-state index contributed by atoms with van der Waals surface area (Å²) in [4.78, 5) is 0.115. The monoisotopic (exact) mass is 358 g/mol. The Labute approximate surface area is 148 Å². The fourth-order valence-corrected chi connectivity index (χ4v) is 8.07. The summed E-state index contributed by atoms with van der Waals surface area (Å²) in [7, 11) is -2.73. The van der Waals surface area contributed by atoms with Gasteiger partial charge >= 0.3 is 8.80 Å². The first-order chi connectivity index (χ1) is 11.2. The Morgan fingerprint density at radius 1 is 0.739 bits per heavy atom. The maximum absolute atomic E-state index is 6.69. The van der Waals surface area contributed by atoms with Gasteiger partial charge in [-0.25, -0.2) is 0 Å². The minimum atomic E-state index is -2.73. The van der Waals surface area contributed by atoms with E-state index in [-0.39, 0.29) is 4.87 Å².